The van der Waals surface area contributed by atoms with Gasteiger partial charge in [-0.25, -0.2) is 0 Å². The summed E-state index contributed by atoms with van der Waals surface area (Å²) in [7, 11) is 0. The van der Waals surface area contributed by atoms with Crippen LogP contribution < -0.4 is 10.6 Å². The average Bonchev–Trinajstić information content (AvgIpc) is 2.74. The van der Waals surface area contributed by atoms with Crippen LogP contribution in [0, 0.1) is 0 Å². The normalized spacial score (nSPS) is 9.66. The summed E-state index contributed by atoms with van der Waals surface area (Å²) in [6, 6.07) is 0. The molecule has 0 heterocycles. The van der Waals surface area contributed by atoms with E-state index < -0.39 is 0 Å². The summed E-state index contributed by atoms with van der Waals surface area (Å²) in [5, 5.41) is 5.32. The van der Waals surface area contributed by atoms with Gasteiger partial charge in [-0.15, -0.1) is 0 Å². The SMILES string of the molecule is C=CC(=O)NCCCN(CCCN(CCCNC(=O)C=C)C(=O)C=C)C(=O)C=C. The maximum atomic E-state index is 12.0. The molecular formula is C21H32N4O4. The number of carbonyl (C=O) groups excluding carboxylic acids is 4. The molecule has 8 nitrogen and oxygen atoms in total. The molecular weight excluding hydrogens is 372 g/mol. The Labute approximate surface area is 173 Å². The lowest BCUT2D eigenvalue weighted by Crippen LogP contribution is -2.37. The summed E-state index contributed by atoms with van der Waals surface area (Å²) in [6.45, 7) is 16.5. The maximum absolute atomic E-state index is 12.0. The van der Waals surface area contributed by atoms with Crippen molar-refractivity contribution in [2.45, 2.75) is 19.3 Å². The minimum atomic E-state index is -0.255. The van der Waals surface area contributed by atoms with E-state index in [-0.39, 0.29) is 23.6 Å². The highest BCUT2D eigenvalue weighted by atomic mass is 16.2. The average molecular weight is 405 g/mol. The van der Waals surface area contributed by atoms with Crippen LogP contribution in [-0.4, -0.2) is 72.7 Å². The van der Waals surface area contributed by atoms with Gasteiger partial charge in [-0.3, -0.25) is 19.2 Å². The molecule has 0 unspecified atom stereocenters. The first-order chi connectivity index (χ1) is 13.9. The molecule has 8 heteroatoms. The lowest BCUT2D eigenvalue weighted by molar-refractivity contribution is -0.126. The second-order valence-corrected chi connectivity index (χ2v) is 6.11. The number of nitrogens with zero attached hydrogens (tertiary/aromatic N) is 2. The van der Waals surface area contributed by atoms with E-state index in [1.807, 2.05) is 0 Å². The van der Waals surface area contributed by atoms with E-state index in [4.69, 9.17) is 0 Å². The number of hydrogen-bond acceptors (Lipinski definition) is 4. The van der Waals surface area contributed by atoms with E-state index in [2.05, 4.69) is 36.9 Å². The zero-order valence-electron chi connectivity index (χ0n) is 17.0. The summed E-state index contributed by atoms with van der Waals surface area (Å²) in [6.07, 6.45) is 6.65. The van der Waals surface area contributed by atoms with Gasteiger partial charge in [-0.2, -0.15) is 0 Å². The molecule has 0 saturated heterocycles. The van der Waals surface area contributed by atoms with Gasteiger partial charge in [0.1, 0.15) is 0 Å². The maximum Gasteiger partial charge on any atom is 0.245 e. The first-order valence-corrected chi connectivity index (χ1v) is 9.52. The van der Waals surface area contributed by atoms with Crippen LogP contribution >= 0.6 is 0 Å². The van der Waals surface area contributed by atoms with Crippen molar-refractivity contribution < 1.29 is 19.2 Å². The van der Waals surface area contributed by atoms with Crippen molar-refractivity contribution in [3.05, 3.63) is 50.6 Å². The summed E-state index contributed by atoms with van der Waals surface area (Å²) in [5.74, 6) is -0.911. The van der Waals surface area contributed by atoms with Crippen LogP contribution in [-0.2, 0) is 19.2 Å². The molecule has 0 aliphatic rings. The first kappa shape index (κ1) is 25.8. The Hall–Kier alpha value is -3.16. The van der Waals surface area contributed by atoms with Crippen molar-refractivity contribution in [2.24, 2.45) is 0 Å². The third-order valence-corrected chi connectivity index (χ3v) is 4.01. The minimum Gasteiger partial charge on any atom is -0.353 e. The van der Waals surface area contributed by atoms with Gasteiger partial charge in [-0.1, -0.05) is 26.3 Å². The summed E-state index contributed by atoms with van der Waals surface area (Å²) >= 11 is 0. The Morgan fingerprint density at radius 1 is 0.586 bits per heavy atom. The Balaban J connectivity index is 4.48. The molecule has 0 rings (SSSR count). The topological polar surface area (TPSA) is 98.8 Å². The van der Waals surface area contributed by atoms with Crippen LogP contribution in [0.4, 0.5) is 0 Å². The van der Waals surface area contributed by atoms with Crippen LogP contribution in [0.25, 0.3) is 0 Å². The smallest absolute Gasteiger partial charge is 0.245 e. The van der Waals surface area contributed by atoms with Crippen molar-refractivity contribution in [2.75, 3.05) is 39.3 Å². The molecule has 4 amide bonds. The van der Waals surface area contributed by atoms with Crippen molar-refractivity contribution in [1.29, 1.82) is 0 Å². The molecule has 0 saturated carbocycles. The molecule has 0 bridgehead atoms. The summed E-state index contributed by atoms with van der Waals surface area (Å²) in [5.41, 5.74) is 0. The lowest BCUT2D eigenvalue weighted by atomic mass is 10.2. The number of amides is 4. The van der Waals surface area contributed by atoms with E-state index in [1.54, 1.807) is 9.80 Å². The van der Waals surface area contributed by atoms with E-state index in [9.17, 15) is 19.2 Å². The molecule has 0 aromatic carbocycles. The van der Waals surface area contributed by atoms with Crippen molar-refractivity contribution in [1.82, 2.24) is 20.4 Å². The molecule has 160 valence electrons. The first-order valence-electron chi connectivity index (χ1n) is 9.52. The van der Waals surface area contributed by atoms with Gasteiger partial charge in [0.05, 0.1) is 0 Å². The number of carbonyl (C=O) groups is 4. The predicted molar refractivity (Wildman–Crippen MR) is 114 cm³/mol. The highest BCUT2D eigenvalue weighted by Gasteiger charge is 2.13. The van der Waals surface area contributed by atoms with Crippen LogP contribution in [0.15, 0.2) is 50.6 Å². The van der Waals surface area contributed by atoms with Crippen LogP contribution in [0.1, 0.15) is 19.3 Å². The fourth-order valence-electron chi connectivity index (χ4n) is 2.48. The zero-order valence-corrected chi connectivity index (χ0v) is 17.0. The van der Waals surface area contributed by atoms with Gasteiger partial charge in [-0.05, 0) is 43.6 Å². The van der Waals surface area contributed by atoms with Gasteiger partial charge >= 0.3 is 0 Å². The molecule has 0 spiro atoms. The second-order valence-electron chi connectivity index (χ2n) is 6.11. The molecule has 0 radical (unpaired) electrons. The van der Waals surface area contributed by atoms with Crippen LogP contribution in [0.2, 0.25) is 0 Å². The number of nitrogens with one attached hydrogen (secondary N) is 2. The molecule has 0 fully saturated rings. The highest BCUT2D eigenvalue weighted by Crippen LogP contribution is 2.01. The summed E-state index contributed by atoms with van der Waals surface area (Å²) < 4.78 is 0. The zero-order chi connectivity index (χ0) is 22.1. The number of hydrogen-bond donors (Lipinski definition) is 2. The van der Waals surface area contributed by atoms with Gasteiger partial charge in [0, 0.05) is 39.3 Å². The fraction of sp³-hybridized carbons (Fsp3) is 0.429. The van der Waals surface area contributed by atoms with E-state index >= 15 is 0 Å². The minimum absolute atomic E-state index is 0.200. The Morgan fingerprint density at radius 3 is 1.24 bits per heavy atom. The van der Waals surface area contributed by atoms with E-state index in [1.165, 1.54) is 24.3 Å². The molecule has 0 aliphatic carbocycles. The van der Waals surface area contributed by atoms with Crippen molar-refractivity contribution >= 4 is 23.6 Å². The quantitative estimate of drug-likeness (QED) is 0.293. The van der Waals surface area contributed by atoms with Gasteiger partial charge < -0.3 is 20.4 Å². The van der Waals surface area contributed by atoms with Crippen molar-refractivity contribution in [3.8, 4) is 0 Å². The number of rotatable bonds is 16. The van der Waals surface area contributed by atoms with Gasteiger partial charge in [0.2, 0.25) is 23.6 Å². The fourth-order valence-corrected chi connectivity index (χ4v) is 2.48. The molecule has 2 N–H and O–H groups in total. The third kappa shape index (κ3) is 12.0. The Kier molecular flexibility index (Phi) is 14.1. The van der Waals surface area contributed by atoms with Gasteiger partial charge in [0.25, 0.3) is 0 Å². The molecule has 0 aromatic heterocycles. The Bertz CT molecular complexity index is 564. The molecule has 0 aromatic rings. The third-order valence-electron chi connectivity index (χ3n) is 4.01. The van der Waals surface area contributed by atoms with Gasteiger partial charge in [0.15, 0.2) is 0 Å². The highest BCUT2D eigenvalue weighted by molar-refractivity contribution is 5.88. The molecule has 0 atom stereocenters. The van der Waals surface area contributed by atoms with Crippen LogP contribution in [0.5, 0.6) is 0 Å². The predicted octanol–water partition coefficient (Wildman–Crippen LogP) is 0.790. The second kappa shape index (κ2) is 15.9. The monoisotopic (exact) mass is 404 g/mol. The molecule has 29 heavy (non-hydrogen) atoms. The Morgan fingerprint density at radius 2 is 0.931 bits per heavy atom. The largest absolute Gasteiger partial charge is 0.353 e. The van der Waals surface area contributed by atoms with Crippen molar-refractivity contribution in [3.63, 3.8) is 0 Å². The standard InChI is InChI=1S/C21H32N4O4/c1-5-18(26)22-12-9-14-24(20(28)7-3)16-11-17-25(21(29)8-4)15-10-13-23-19(27)6-2/h5-8H,1-4,9-17H2,(H,22,26)(H,23,27). The van der Waals surface area contributed by atoms with E-state index in [0.29, 0.717) is 58.5 Å². The summed E-state index contributed by atoms with van der Waals surface area (Å²) in [4.78, 5) is 49.6. The van der Waals surface area contributed by atoms with Crippen LogP contribution in [0.3, 0.4) is 0 Å². The lowest BCUT2D eigenvalue weighted by Gasteiger charge is -2.25. The van der Waals surface area contributed by atoms with E-state index in [0.717, 1.165) is 0 Å². The molecule has 0 aliphatic heterocycles.